The Labute approximate surface area is 218 Å². The van der Waals surface area contributed by atoms with Gasteiger partial charge in [-0.15, -0.1) is 0 Å². The second kappa shape index (κ2) is 11.8. The molecule has 1 atom stereocenters. The van der Waals surface area contributed by atoms with Gasteiger partial charge in [-0.1, -0.05) is 48.2 Å². The standard InChI is InChI=1S/C31H25F2O3S/c1-31(2,18-17-23-9-5-3-6-10-23)36-30(34)22-35-26-13-15-28(16-14-26)37(27-11-7-4-8-12-27)29-20-24(32)19-25(33)21-29/h3-16,19-21H,22H2,1-2H3/q+1. The minimum atomic E-state index is -0.982. The number of carbonyl (C=O) groups is 1. The summed E-state index contributed by atoms with van der Waals surface area (Å²) in [6.45, 7) is 3.15. The van der Waals surface area contributed by atoms with Gasteiger partial charge in [0.25, 0.3) is 0 Å². The van der Waals surface area contributed by atoms with Crippen molar-refractivity contribution in [3.8, 4) is 17.6 Å². The van der Waals surface area contributed by atoms with Gasteiger partial charge in [0.1, 0.15) is 17.4 Å². The number of esters is 1. The lowest BCUT2D eigenvalue weighted by Crippen LogP contribution is -2.29. The average Bonchev–Trinajstić information content (AvgIpc) is 2.88. The van der Waals surface area contributed by atoms with E-state index in [1.165, 1.54) is 12.1 Å². The van der Waals surface area contributed by atoms with E-state index in [0.717, 1.165) is 21.4 Å². The fraction of sp³-hybridized carbons (Fsp3) is 0.129. The fourth-order valence-corrected chi connectivity index (χ4v) is 5.62. The Morgan fingerprint density at radius 1 is 0.784 bits per heavy atom. The van der Waals surface area contributed by atoms with E-state index >= 15 is 0 Å². The van der Waals surface area contributed by atoms with Crippen LogP contribution in [0.2, 0.25) is 0 Å². The highest BCUT2D eigenvalue weighted by Gasteiger charge is 2.30. The van der Waals surface area contributed by atoms with Crippen LogP contribution in [0.5, 0.6) is 5.75 Å². The van der Waals surface area contributed by atoms with Crippen LogP contribution in [0.25, 0.3) is 0 Å². The molecule has 0 saturated carbocycles. The molecule has 4 aromatic carbocycles. The van der Waals surface area contributed by atoms with E-state index in [4.69, 9.17) is 9.47 Å². The zero-order valence-corrected chi connectivity index (χ0v) is 21.2. The van der Waals surface area contributed by atoms with Gasteiger partial charge in [-0.3, -0.25) is 0 Å². The summed E-state index contributed by atoms with van der Waals surface area (Å²) in [4.78, 5) is 14.7. The highest BCUT2D eigenvalue weighted by molar-refractivity contribution is 7.97. The van der Waals surface area contributed by atoms with Crippen LogP contribution >= 0.6 is 0 Å². The predicted molar refractivity (Wildman–Crippen MR) is 140 cm³/mol. The van der Waals surface area contributed by atoms with E-state index in [2.05, 4.69) is 11.8 Å². The van der Waals surface area contributed by atoms with Crippen LogP contribution in [-0.4, -0.2) is 18.2 Å². The van der Waals surface area contributed by atoms with Gasteiger partial charge < -0.3 is 9.47 Å². The number of hydrogen-bond acceptors (Lipinski definition) is 3. The molecule has 0 aliphatic rings. The van der Waals surface area contributed by atoms with E-state index < -0.39 is 34.1 Å². The molecule has 0 saturated heterocycles. The largest absolute Gasteiger partial charge is 0.482 e. The Morgan fingerprint density at radius 2 is 1.35 bits per heavy atom. The van der Waals surface area contributed by atoms with Gasteiger partial charge in [-0.2, -0.15) is 0 Å². The second-order valence-electron chi connectivity index (χ2n) is 8.58. The van der Waals surface area contributed by atoms with Crippen molar-refractivity contribution >= 4 is 16.9 Å². The van der Waals surface area contributed by atoms with Crippen molar-refractivity contribution in [2.75, 3.05) is 6.61 Å². The normalized spacial score (nSPS) is 11.7. The molecular weight excluding hydrogens is 490 g/mol. The first kappa shape index (κ1) is 26.0. The number of carbonyl (C=O) groups excluding carboxylic acids is 1. The molecule has 0 fully saturated rings. The number of hydrogen-bond donors (Lipinski definition) is 0. The summed E-state index contributed by atoms with van der Waals surface area (Å²) >= 11 is 0. The smallest absolute Gasteiger partial charge is 0.345 e. The highest BCUT2D eigenvalue weighted by Crippen LogP contribution is 2.33. The molecule has 0 aromatic heterocycles. The van der Waals surface area contributed by atoms with Gasteiger partial charge in [0, 0.05) is 23.8 Å². The molecule has 37 heavy (non-hydrogen) atoms. The Hall–Kier alpha value is -4.08. The van der Waals surface area contributed by atoms with Crippen molar-refractivity contribution in [1.29, 1.82) is 0 Å². The van der Waals surface area contributed by atoms with Gasteiger partial charge in [-0.05, 0) is 62.4 Å². The molecule has 6 heteroatoms. The minimum Gasteiger partial charge on any atom is -0.482 e. The van der Waals surface area contributed by atoms with Crippen LogP contribution in [-0.2, 0) is 20.4 Å². The number of halogens is 2. The van der Waals surface area contributed by atoms with Gasteiger partial charge >= 0.3 is 5.97 Å². The van der Waals surface area contributed by atoms with Gasteiger partial charge in [-0.25, -0.2) is 13.6 Å². The molecule has 0 radical (unpaired) electrons. The van der Waals surface area contributed by atoms with Crippen molar-refractivity contribution in [3.05, 3.63) is 120 Å². The van der Waals surface area contributed by atoms with Crippen LogP contribution in [0.3, 0.4) is 0 Å². The average molecular weight is 516 g/mol. The lowest BCUT2D eigenvalue weighted by molar-refractivity contribution is -0.154. The molecule has 0 amide bonds. The van der Waals surface area contributed by atoms with E-state index in [1.807, 2.05) is 72.8 Å². The molecule has 0 bridgehead atoms. The van der Waals surface area contributed by atoms with Crippen LogP contribution in [0.15, 0.2) is 118 Å². The number of benzene rings is 4. The number of ether oxygens (including phenoxy) is 2. The molecule has 4 aromatic rings. The van der Waals surface area contributed by atoms with Crippen LogP contribution in [0.1, 0.15) is 19.4 Å². The summed E-state index contributed by atoms with van der Waals surface area (Å²) < 4.78 is 39.1. The summed E-state index contributed by atoms with van der Waals surface area (Å²) in [5, 5.41) is 0. The molecule has 0 heterocycles. The summed E-state index contributed by atoms with van der Waals surface area (Å²) in [5.41, 5.74) is -0.150. The molecule has 1 unspecified atom stereocenters. The molecule has 0 aliphatic carbocycles. The summed E-state index contributed by atoms with van der Waals surface area (Å²) in [6, 6.07) is 29.6. The van der Waals surface area contributed by atoms with Crippen molar-refractivity contribution in [3.63, 3.8) is 0 Å². The molecule has 3 nitrogen and oxygen atoms in total. The van der Waals surface area contributed by atoms with Crippen molar-refractivity contribution in [2.24, 2.45) is 0 Å². The molecular formula is C31H25F2O3S+. The molecule has 0 N–H and O–H groups in total. The van der Waals surface area contributed by atoms with Crippen LogP contribution in [0, 0.1) is 23.5 Å². The van der Waals surface area contributed by atoms with Gasteiger partial charge in [0.2, 0.25) is 0 Å². The molecule has 4 rings (SSSR count). The lowest BCUT2D eigenvalue weighted by Gasteiger charge is -2.19. The number of rotatable bonds is 7. The molecule has 0 spiro atoms. The maximum absolute atomic E-state index is 14.0. The Balaban J connectivity index is 1.44. The third-order valence-corrected chi connectivity index (χ3v) is 7.31. The monoisotopic (exact) mass is 515 g/mol. The zero-order valence-electron chi connectivity index (χ0n) is 20.4. The first-order valence-electron chi connectivity index (χ1n) is 11.6. The Kier molecular flexibility index (Phi) is 8.27. The Morgan fingerprint density at radius 3 is 1.97 bits per heavy atom. The maximum Gasteiger partial charge on any atom is 0.345 e. The highest BCUT2D eigenvalue weighted by atomic mass is 32.2. The fourth-order valence-electron chi connectivity index (χ4n) is 3.51. The molecule has 186 valence electrons. The first-order valence-corrected chi connectivity index (χ1v) is 12.8. The Bertz CT molecular complexity index is 1390. The quantitative estimate of drug-likeness (QED) is 0.154. The van der Waals surface area contributed by atoms with E-state index in [9.17, 15) is 13.6 Å². The lowest BCUT2D eigenvalue weighted by atomic mass is 10.1. The van der Waals surface area contributed by atoms with E-state index in [0.29, 0.717) is 10.6 Å². The zero-order chi connectivity index (χ0) is 26.3. The van der Waals surface area contributed by atoms with Crippen molar-refractivity contribution in [1.82, 2.24) is 0 Å². The summed E-state index contributed by atoms with van der Waals surface area (Å²) in [6.07, 6.45) is 0. The first-order chi connectivity index (χ1) is 17.8. The topological polar surface area (TPSA) is 35.5 Å². The maximum atomic E-state index is 14.0. The van der Waals surface area contributed by atoms with Crippen molar-refractivity contribution in [2.45, 2.75) is 34.1 Å². The van der Waals surface area contributed by atoms with Crippen LogP contribution in [0.4, 0.5) is 8.78 Å². The summed E-state index contributed by atoms with van der Waals surface area (Å²) in [5.74, 6) is 4.63. The molecule has 0 aliphatic heterocycles. The van der Waals surface area contributed by atoms with E-state index in [1.54, 1.807) is 26.0 Å². The van der Waals surface area contributed by atoms with Crippen molar-refractivity contribution < 1.29 is 23.0 Å². The SMILES string of the molecule is CC(C)(C#Cc1ccccc1)OC(=O)COc1ccc([S+](c2ccccc2)c2cc(F)cc(F)c2)cc1. The third kappa shape index (κ3) is 7.45. The van der Waals surface area contributed by atoms with Gasteiger partial charge in [0.05, 0.1) is 10.9 Å². The second-order valence-corrected chi connectivity index (χ2v) is 10.6. The third-order valence-electron chi connectivity index (χ3n) is 5.12. The van der Waals surface area contributed by atoms with E-state index in [-0.39, 0.29) is 6.61 Å². The van der Waals surface area contributed by atoms with Crippen LogP contribution < -0.4 is 4.74 Å². The van der Waals surface area contributed by atoms with Gasteiger partial charge in [0.15, 0.2) is 26.9 Å². The minimum absolute atomic E-state index is 0.282. The predicted octanol–water partition coefficient (Wildman–Crippen LogP) is 6.81. The summed E-state index contributed by atoms with van der Waals surface area (Å²) in [7, 11) is -0.730.